The van der Waals surface area contributed by atoms with Gasteiger partial charge in [-0.25, -0.2) is 0 Å². The van der Waals surface area contributed by atoms with Gasteiger partial charge in [-0.3, -0.25) is 9.69 Å². The Hall–Kier alpha value is -2.99. The highest BCUT2D eigenvalue weighted by molar-refractivity contribution is 6.35. The lowest BCUT2D eigenvalue weighted by Crippen LogP contribution is -2.34. The van der Waals surface area contributed by atoms with Gasteiger partial charge in [-0.15, -0.1) is 0 Å². The molecule has 1 aliphatic rings. The molecule has 5 rings (SSSR count). The van der Waals surface area contributed by atoms with Crippen LogP contribution in [0.1, 0.15) is 16.9 Å². The van der Waals surface area contributed by atoms with Crippen molar-refractivity contribution >= 4 is 34.2 Å². The fourth-order valence-corrected chi connectivity index (χ4v) is 4.93. The van der Waals surface area contributed by atoms with Crippen LogP contribution in [0.4, 0.5) is 0 Å². The van der Waals surface area contributed by atoms with E-state index in [1.807, 2.05) is 49.4 Å². The Kier molecular flexibility index (Phi) is 6.26. The summed E-state index contributed by atoms with van der Waals surface area (Å²) in [6.45, 7) is 3.60. The molecular weight excluding hydrogens is 473 g/mol. The molecule has 0 atom stereocenters. The molecule has 0 amide bonds. The monoisotopic (exact) mass is 495 g/mol. The molecule has 0 aliphatic carbocycles. The number of benzene rings is 3. The SMILES string of the molecule is COc1ccccc1-c1c(C)oc2c3c(ccc2c1=O)OCN(CCc1ccc(Cl)cc1Cl)C3. The molecule has 0 saturated heterocycles. The first kappa shape index (κ1) is 22.8. The zero-order chi connectivity index (χ0) is 23.8. The molecule has 0 saturated carbocycles. The Morgan fingerprint density at radius 1 is 1.09 bits per heavy atom. The third kappa shape index (κ3) is 4.16. The van der Waals surface area contributed by atoms with Gasteiger partial charge in [0.25, 0.3) is 0 Å². The van der Waals surface area contributed by atoms with E-state index < -0.39 is 0 Å². The quantitative estimate of drug-likeness (QED) is 0.317. The number of rotatable bonds is 5. The number of halogens is 2. The van der Waals surface area contributed by atoms with Crippen LogP contribution in [0.2, 0.25) is 10.0 Å². The van der Waals surface area contributed by atoms with E-state index in [4.69, 9.17) is 37.1 Å². The van der Waals surface area contributed by atoms with Gasteiger partial charge in [0.2, 0.25) is 5.43 Å². The van der Waals surface area contributed by atoms with E-state index in [0.717, 1.165) is 29.8 Å². The predicted molar refractivity (Wildman–Crippen MR) is 135 cm³/mol. The highest BCUT2D eigenvalue weighted by Gasteiger charge is 2.24. The summed E-state index contributed by atoms with van der Waals surface area (Å²) in [5.41, 5.74) is 3.60. The van der Waals surface area contributed by atoms with E-state index in [1.165, 1.54) is 0 Å². The minimum absolute atomic E-state index is 0.0869. The van der Waals surface area contributed by atoms with Crippen molar-refractivity contribution in [3.05, 3.63) is 91.8 Å². The van der Waals surface area contributed by atoms with Gasteiger partial charge < -0.3 is 13.9 Å². The molecule has 4 aromatic rings. The van der Waals surface area contributed by atoms with Crippen LogP contribution in [0.15, 0.2) is 63.8 Å². The minimum atomic E-state index is -0.0869. The average molecular weight is 496 g/mol. The summed E-state index contributed by atoms with van der Waals surface area (Å²) < 4.78 is 17.8. The average Bonchev–Trinajstić information content (AvgIpc) is 2.83. The van der Waals surface area contributed by atoms with E-state index in [-0.39, 0.29) is 5.43 Å². The normalized spacial score (nSPS) is 13.5. The van der Waals surface area contributed by atoms with Gasteiger partial charge in [0, 0.05) is 28.7 Å². The fourth-order valence-electron chi connectivity index (χ4n) is 4.43. The topological polar surface area (TPSA) is 51.9 Å². The van der Waals surface area contributed by atoms with Crippen LogP contribution < -0.4 is 14.9 Å². The summed E-state index contributed by atoms with van der Waals surface area (Å²) in [7, 11) is 1.59. The third-order valence-electron chi connectivity index (χ3n) is 6.17. The molecule has 0 radical (unpaired) electrons. The van der Waals surface area contributed by atoms with Crippen molar-refractivity contribution in [3.8, 4) is 22.6 Å². The first-order valence-corrected chi connectivity index (χ1v) is 11.7. The highest BCUT2D eigenvalue weighted by Crippen LogP contribution is 2.36. The van der Waals surface area contributed by atoms with E-state index >= 15 is 0 Å². The number of nitrogens with zero attached hydrogens (tertiary/aromatic N) is 1. The van der Waals surface area contributed by atoms with Crippen LogP contribution >= 0.6 is 23.2 Å². The maximum Gasteiger partial charge on any atom is 0.200 e. The lowest BCUT2D eigenvalue weighted by atomic mass is 9.99. The maximum absolute atomic E-state index is 13.6. The summed E-state index contributed by atoms with van der Waals surface area (Å²) in [6, 6.07) is 16.6. The Bertz CT molecular complexity index is 1450. The lowest BCUT2D eigenvalue weighted by molar-refractivity contribution is 0.0968. The minimum Gasteiger partial charge on any atom is -0.496 e. The van der Waals surface area contributed by atoms with E-state index in [1.54, 1.807) is 19.2 Å². The molecule has 34 heavy (non-hydrogen) atoms. The Morgan fingerprint density at radius 2 is 1.91 bits per heavy atom. The van der Waals surface area contributed by atoms with Crippen molar-refractivity contribution in [2.24, 2.45) is 0 Å². The summed E-state index contributed by atoms with van der Waals surface area (Å²) in [5, 5.41) is 1.80. The second-order valence-corrected chi connectivity index (χ2v) is 9.14. The molecule has 1 aliphatic heterocycles. The first-order valence-electron chi connectivity index (χ1n) is 11.0. The Balaban J connectivity index is 1.49. The second-order valence-electron chi connectivity index (χ2n) is 8.29. The number of hydrogen-bond acceptors (Lipinski definition) is 5. The zero-order valence-electron chi connectivity index (χ0n) is 18.9. The molecule has 0 unspecified atom stereocenters. The molecule has 0 N–H and O–H groups in total. The van der Waals surface area contributed by atoms with Crippen LogP contribution in [0.5, 0.6) is 11.5 Å². The summed E-state index contributed by atoms with van der Waals surface area (Å²) in [6.07, 6.45) is 0.750. The van der Waals surface area contributed by atoms with Crippen LogP contribution in [0.3, 0.4) is 0 Å². The molecule has 0 spiro atoms. The second kappa shape index (κ2) is 9.34. The van der Waals surface area contributed by atoms with Crippen molar-refractivity contribution in [3.63, 3.8) is 0 Å². The van der Waals surface area contributed by atoms with Gasteiger partial charge in [-0.2, -0.15) is 0 Å². The standard InChI is InChI=1S/C27H23Cl2NO4/c1-16-25(19-5-3-4-6-23(19)32-2)26(31)20-9-10-24-21(27(20)34-16)14-30(15-33-24)12-11-17-7-8-18(28)13-22(17)29/h3-10,13H,11-12,14-15H2,1-2H3. The first-order chi connectivity index (χ1) is 16.5. The number of para-hydroxylation sites is 1. The van der Waals surface area contributed by atoms with Crippen LogP contribution in [0, 0.1) is 6.92 Å². The van der Waals surface area contributed by atoms with Crippen LogP contribution in [0.25, 0.3) is 22.1 Å². The van der Waals surface area contributed by atoms with Gasteiger partial charge in [0.1, 0.15) is 29.6 Å². The number of hydrogen-bond donors (Lipinski definition) is 0. The van der Waals surface area contributed by atoms with Crippen LogP contribution in [-0.4, -0.2) is 25.3 Å². The predicted octanol–water partition coefficient (Wildman–Crippen LogP) is 6.48. The number of fused-ring (bicyclic) bond motifs is 3. The largest absolute Gasteiger partial charge is 0.496 e. The van der Waals surface area contributed by atoms with Crippen molar-refractivity contribution in [1.82, 2.24) is 4.90 Å². The van der Waals surface area contributed by atoms with Crippen LogP contribution in [-0.2, 0) is 13.0 Å². The van der Waals surface area contributed by atoms with E-state index in [2.05, 4.69) is 4.90 Å². The number of ether oxygens (including phenoxy) is 2. The van der Waals surface area contributed by atoms with Gasteiger partial charge >= 0.3 is 0 Å². The molecule has 0 bridgehead atoms. The molecule has 0 fully saturated rings. The molecule has 5 nitrogen and oxygen atoms in total. The van der Waals surface area contributed by atoms with Crippen molar-refractivity contribution in [2.75, 3.05) is 20.4 Å². The van der Waals surface area contributed by atoms with Crippen molar-refractivity contribution in [2.45, 2.75) is 19.9 Å². The third-order valence-corrected chi connectivity index (χ3v) is 6.76. The van der Waals surface area contributed by atoms with Crippen molar-refractivity contribution in [1.29, 1.82) is 0 Å². The fraction of sp³-hybridized carbons (Fsp3) is 0.222. The maximum atomic E-state index is 13.6. The van der Waals surface area contributed by atoms with E-state index in [9.17, 15) is 4.79 Å². The van der Waals surface area contributed by atoms with E-state index in [0.29, 0.717) is 56.9 Å². The van der Waals surface area contributed by atoms with Gasteiger partial charge in [0.05, 0.1) is 23.6 Å². The molecule has 7 heteroatoms. The summed E-state index contributed by atoms with van der Waals surface area (Å²) >= 11 is 12.3. The van der Waals surface area contributed by atoms with Gasteiger partial charge in [0.15, 0.2) is 0 Å². The molecule has 1 aromatic heterocycles. The number of aryl methyl sites for hydroxylation is 1. The molecule has 2 heterocycles. The van der Waals surface area contributed by atoms with Gasteiger partial charge in [-0.05, 0) is 49.2 Å². The molecule has 3 aromatic carbocycles. The summed E-state index contributed by atoms with van der Waals surface area (Å²) in [5.74, 6) is 1.91. The Morgan fingerprint density at radius 3 is 2.71 bits per heavy atom. The zero-order valence-corrected chi connectivity index (χ0v) is 20.4. The number of methoxy groups -OCH3 is 1. The molecule has 174 valence electrons. The lowest BCUT2D eigenvalue weighted by Gasteiger charge is -2.29. The van der Waals surface area contributed by atoms with Crippen molar-refractivity contribution < 1.29 is 13.9 Å². The van der Waals surface area contributed by atoms with Gasteiger partial charge in [-0.1, -0.05) is 47.5 Å². The smallest absolute Gasteiger partial charge is 0.200 e. The Labute approximate surface area is 207 Å². The summed E-state index contributed by atoms with van der Waals surface area (Å²) in [4.78, 5) is 15.7. The molecular formula is C27H23Cl2NO4. The highest BCUT2D eigenvalue weighted by atomic mass is 35.5.